The summed E-state index contributed by atoms with van der Waals surface area (Å²) in [6.45, 7) is 2.35. The van der Waals surface area contributed by atoms with E-state index in [1.165, 1.54) is 4.80 Å². The third-order valence-corrected chi connectivity index (χ3v) is 2.25. The fourth-order valence-corrected chi connectivity index (χ4v) is 1.62. The van der Waals surface area contributed by atoms with Crippen molar-refractivity contribution in [1.29, 1.82) is 0 Å². The highest BCUT2D eigenvalue weighted by Crippen LogP contribution is 2.42. The van der Waals surface area contributed by atoms with Crippen LogP contribution in [0.25, 0.3) is 0 Å². The summed E-state index contributed by atoms with van der Waals surface area (Å²) < 4.78 is 24.9. The fraction of sp³-hybridized carbons (Fsp3) is 0.750. The van der Waals surface area contributed by atoms with Gasteiger partial charge in [-0.05, 0) is 12.8 Å². The molecule has 3 nitrogen and oxygen atoms in total. The lowest BCUT2D eigenvalue weighted by Gasteiger charge is -2.34. The zero-order valence-corrected chi connectivity index (χ0v) is 7.37. The molecule has 0 unspecified atom stereocenters. The molecule has 0 saturated heterocycles. The van der Waals surface area contributed by atoms with Crippen molar-refractivity contribution >= 4 is 0 Å². The van der Waals surface area contributed by atoms with Crippen LogP contribution in [0.2, 0.25) is 0 Å². The highest BCUT2D eigenvalue weighted by atomic mass is 19.3. The SMILES string of the molecule is Cc1cnn(CC2CC(F)(F)C2)n1. The summed E-state index contributed by atoms with van der Waals surface area (Å²) >= 11 is 0. The number of aromatic nitrogens is 3. The average molecular weight is 187 g/mol. The van der Waals surface area contributed by atoms with Crippen LogP contribution in [0.1, 0.15) is 18.5 Å². The Morgan fingerprint density at radius 2 is 2.31 bits per heavy atom. The van der Waals surface area contributed by atoms with E-state index in [1.807, 2.05) is 6.92 Å². The van der Waals surface area contributed by atoms with E-state index in [-0.39, 0.29) is 18.8 Å². The molecule has 1 aliphatic carbocycles. The maximum absolute atomic E-state index is 12.4. The minimum Gasteiger partial charge on any atom is -0.207 e. The molecular weight excluding hydrogens is 176 g/mol. The molecule has 0 bridgehead atoms. The fourth-order valence-electron chi connectivity index (χ4n) is 1.62. The van der Waals surface area contributed by atoms with Crippen LogP contribution in [-0.4, -0.2) is 20.9 Å². The smallest absolute Gasteiger partial charge is 0.207 e. The van der Waals surface area contributed by atoms with Crippen LogP contribution in [0.3, 0.4) is 0 Å². The van der Waals surface area contributed by atoms with Crippen LogP contribution in [0, 0.1) is 12.8 Å². The van der Waals surface area contributed by atoms with Crippen LogP contribution in [0.4, 0.5) is 8.78 Å². The van der Waals surface area contributed by atoms with Crippen molar-refractivity contribution in [1.82, 2.24) is 15.0 Å². The Morgan fingerprint density at radius 1 is 1.62 bits per heavy atom. The van der Waals surface area contributed by atoms with Gasteiger partial charge in [-0.15, -0.1) is 0 Å². The van der Waals surface area contributed by atoms with Gasteiger partial charge in [0.15, 0.2) is 0 Å². The Morgan fingerprint density at radius 3 is 2.77 bits per heavy atom. The first-order valence-corrected chi connectivity index (χ1v) is 4.30. The first-order chi connectivity index (χ1) is 6.05. The molecule has 0 amide bonds. The first-order valence-electron chi connectivity index (χ1n) is 4.30. The monoisotopic (exact) mass is 187 g/mol. The number of aryl methyl sites for hydroxylation is 1. The number of hydrogen-bond acceptors (Lipinski definition) is 2. The van der Waals surface area contributed by atoms with Crippen molar-refractivity contribution in [3.8, 4) is 0 Å². The molecule has 1 heterocycles. The summed E-state index contributed by atoms with van der Waals surface area (Å²) in [5.41, 5.74) is 0.825. The van der Waals surface area contributed by atoms with Crippen molar-refractivity contribution < 1.29 is 8.78 Å². The minimum atomic E-state index is -2.44. The summed E-state index contributed by atoms with van der Waals surface area (Å²) in [4.78, 5) is 1.50. The molecule has 0 aromatic carbocycles. The Balaban J connectivity index is 1.87. The second-order valence-electron chi connectivity index (χ2n) is 3.67. The molecule has 0 radical (unpaired) electrons. The summed E-state index contributed by atoms with van der Waals surface area (Å²) in [6.07, 6.45) is 1.60. The van der Waals surface area contributed by atoms with Gasteiger partial charge < -0.3 is 0 Å². The van der Waals surface area contributed by atoms with Crippen molar-refractivity contribution in [3.05, 3.63) is 11.9 Å². The van der Waals surface area contributed by atoms with Crippen molar-refractivity contribution in [2.75, 3.05) is 0 Å². The molecule has 72 valence electrons. The standard InChI is InChI=1S/C8H11F2N3/c1-6-4-11-13(12-6)5-7-2-8(9,10)3-7/h4,7H,2-3,5H2,1H3. The predicted molar refractivity (Wildman–Crippen MR) is 42.4 cm³/mol. The Kier molecular flexibility index (Phi) is 1.82. The molecule has 1 aromatic heterocycles. The van der Waals surface area contributed by atoms with Crippen LogP contribution >= 0.6 is 0 Å². The van der Waals surface area contributed by atoms with Crippen molar-refractivity contribution in [2.24, 2.45) is 5.92 Å². The lowest BCUT2D eigenvalue weighted by molar-refractivity contribution is -0.115. The molecule has 1 fully saturated rings. The van der Waals surface area contributed by atoms with E-state index >= 15 is 0 Å². The summed E-state index contributed by atoms with van der Waals surface area (Å²) in [6, 6.07) is 0. The maximum Gasteiger partial charge on any atom is 0.248 e. The normalized spacial score (nSPS) is 21.5. The highest BCUT2D eigenvalue weighted by molar-refractivity contribution is 4.88. The van der Waals surface area contributed by atoms with E-state index < -0.39 is 5.92 Å². The summed E-state index contributed by atoms with van der Waals surface area (Å²) in [5, 5.41) is 7.99. The van der Waals surface area contributed by atoms with Gasteiger partial charge in [0.25, 0.3) is 0 Å². The van der Waals surface area contributed by atoms with E-state index in [0.29, 0.717) is 6.54 Å². The van der Waals surface area contributed by atoms with Crippen LogP contribution in [-0.2, 0) is 6.54 Å². The second-order valence-corrected chi connectivity index (χ2v) is 3.67. The number of halogens is 2. The molecule has 2 rings (SSSR count). The Bertz CT molecular complexity index is 300. The second kappa shape index (κ2) is 2.75. The first kappa shape index (κ1) is 8.59. The number of alkyl halides is 2. The topological polar surface area (TPSA) is 30.7 Å². The molecule has 1 saturated carbocycles. The molecule has 0 N–H and O–H groups in total. The van der Waals surface area contributed by atoms with Gasteiger partial charge in [0.05, 0.1) is 18.4 Å². The minimum absolute atomic E-state index is 0.0203. The van der Waals surface area contributed by atoms with E-state index in [4.69, 9.17) is 0 Å². The van der Waals surface area contributed by atoms with Gasteiger partial charge in [0, 0.05) is 12.8 Å². The van der Waals surface area contributed by atoms with Gasteiger partial charge in [-0.25, -0.2) is 8.78 Å². The summed E-state index contributed by atoms with van der Waals surface area (Å²) in [7, 11) is 0. The quantitative estimate of drug-likeness (QED) is 0.704. The predicted octanol–water partition coefficient (Wildman–Crippen LogP) is 1.63. The van der Waals surface area contributed by atoms with Gasteiger partial charge >= 0.3 is 0 Å². The van der Waals surface area contributed by atoms with Crippen LogP contribution in [0.15, 0.2) is 6.20 Å². The van der Waals surface area contributed by atoms with Gasteiger partial charge in [-0.2, -0.15) is 15.0 Å². The van der Waals surface area contributed by atoms with Gasteiger partial charge in [0.1, 0.15) is 0 Å². The number of hydrogen-bond donors (Lipinski definition) is 0. The Hall–Kier alpha value is -1.00. The third kappa shape index (κ3) is 1.84. The van der Waals surface area contributed by atoms with E-state index in [2.05, 4.69) is 10.2 Å². The van der Waals surface area contributed by atoms with E-state index in [9.17, 15) is 8.78 Å². The van der Waals surface area contributed by atoms with E-state index in [0.717, 1.165) is 5.69 Å². The maximum atomic E-state index is 12.4. The molecule has 1 aromatic rings. The number of rotatable bonds is 2. The van der Waals surface area contributed by atoms with Gasteiger partial charge in [0.2, 0.25) is 5.92 Å². The number of nitrogens with zero attached hydrogens (tertiary/aromatic N) is 3. The lowest BCUT2D eigenvalue weighted by atomic mass is 9.81. The zero-order valence-electron chi connectivity index (χ0n) is 7.37. The highest BCUT2D eigenvalue weighted by Gasteiger charge is 2.45. The zero-order chi connectivity index (χ0) is 9.47. The van der Waals surface area contributed by atoms with Gasteiger partial charge in [-0.1, -0.05) is 0 Å². The average Bonchev–Trinajstić information content (AvgIpc) is 2.31. The van der Waals surface area contributed by atoms with Gasteiger partial charge in [-0.3, -0.25) is 0 Å². The Labute approximate surface area is 74.7 Å². The molecule has 0 atom stereocenters. The third-order valence-electron chi connectivity index (χ3n) is 2.25. The molecule has 1 aliphatic rings. The van der Waals surface area contributed by atoms with Crippen LogP contribution in [0.5, 0.6) is 0 Å². The van der Waals surface area contributed by atoms with Crippen molar-refractivity contribution in [2.45, 2.75) is 32.2 Å². The largest absolute Gasteiger partial charge is 0.248 e. The molecule has 5 heteroatoms. The van der Waals surface area contributed by atoms with Crippen molar-refractivity contribution in [3.63, 3.8) is 0 Å². The lowest BCUT2D eigenvalue weighted by Crippen LogP contribution is -2.38. The van der Waals surface area contributed by atoms with Crippen LogP contribution < -0.4 is 0 Å². The molecular formula is C8H11F2N3. The molecule has 0 spiro atoms. The molecule has 0 aliphatic heterocycles. The van der Waals surface area contributed by atoms with E-state index in [1.54, 1.807) is 6.20 Å². The molecule has 13 heavy (non-hydrogen) atoms. The summed E-state index contributed by atoms with van der Waals surface area (Å²) in [5.74, 6) is -2.39.